The Morgan fingerprint density at radius 2 is 1.62 bits per heavy atom. The fraction of sp³-hybridized carbons (Fsp3) is 0.226. The van der Waals surface area contributed by atoms with Crippen LogP contribution in [0.4, 0.5) is 17.2 Å². The first kappa shape index (κ1) is 24.8. The van der Waals surface area contributed by atoms with Crippen molar-refractivity contribution in [3.05, 3.63) is 96.7 Å². The van der Waals surface area contributed by atoms with Crippen LogP contribution in [-0.2, 0) is 11.3 Å². The zero-order valence-corrected chi connectivity index (χ0v) is 21.9. The summed E-state index contributed by atoms with van der Waals surface area (Å²) in [6.07, 6.45) is 3.88. The number of benzene rings is 3. The second-order valence-electron chi connectivity index (χ2n) is 9.97. The molecule has 0 spiro atoms. The smallest absolute Gasteiger partial charge is 0.221 e. The van der Waals surface area contributed by atoms with E-state index in [9.17, 15) is 4.79 Å². The average molecular weight is 518 g/mol. The van der Waals surface area contributed by atoms with Gasteiger partial charge < -0.3 is 10.6 Å². The first-order valence-corrected chi connectivity index (χ1v) is 13.3. The summed E-state index contributed by atoms with van der Waals surface area (Å²) in [5.74, 6) is 1.22. The van der Waals surface area contributed by atoms with E-state index in [2.05, 4.69) is 50.5 Å². The van der Waals surface area contributed by atoms with Crippen molar-refractivity contribution in [3.8, 4) is 11.4 Å². The molecule has 1 aliphatic heterocycles. The molecule has 8 nitrogen and oxygen atoms in total. The zero-order chi connectivity index (χ0) is 26.6. The van der Waals surface area contributed by atoms with Gasteiger partial charge in [0, 0.05) is 43.5 Å². The van der Waals surface area contributed by atoms with Crippen LogP contribution in [0, 0.1) is 0 Å². The van der Waals surface area contributed by atoms with E-state index in [4.69, 9.17) is 15.1 Å². The molecule has 1 fully saturated rings. The summed E-state index contributed by atoms with van der Waals surface area (Å²) in [4.78, 5) is 24.0. The van der Waals surface area contributed by atoms with Crippen LogP contribution in [0.5, 0.6) is 0 Å². The lowest BCUT2D eigenvalue weighted by molar-refractivity contribution is -0.114. The summed E-state index contributed by atoms with van der Waals surface area (Å²) < 4.78 is 2.09. The van der Waals surface area contributed by atoms with Gasteiger partial charge >= 0.3 is 0 Å². The number of hydrogen-bond donors (Lipinski definition) is 2. The normalized spacial score (nSPS) is 14.4. The quantitative estimate of drug-likeness (QED) is 0.274. The van der Waals surface area contributed by atoms with E-state index >= 15 is 0 Å². The number of anilines is 3. The minimum absolute atomic E-state index is 0.112. The molecule has 0 atom stereocenters. The Hall–Kier alpha value is -4.56. The number of nitrogens with zero attached hydrogens (tertiary/aromatic N) is 5. The van der Waals surface area contributed by atoms with Crippen molar-refractivity contribution < 1.29 is 4.79 Å². The van der Waals surface area contributed by atoms with Crippen LogP contribution in [0.2, 0.25) is 0 Å². The van der Waals surface area contributed by atoms with Crippen molar-refractivity contribution in [2.45, 2.75) is 32.4 Å². The van der Waals surface area contributed by atoms with E-state index in [1.54, 1.807) is 0 Å². The van der Waals surface area contributed by atoms with E-state index in [-0.39, 0.29) is 11.9 Å². The highest BCUT2D eigenvalue weighted by atomic mass is 16.1. The predicted octanol–water partition coefficient (Wildman–Crippen LogP) is 6.03. The van der Waals surface area contributed by atoms with Gasteiger partial charge in [0.15, 0.2) is 11.5 Å². The fourth-order valence-electron chi connectivity index (χ4n) is 5.18. The molecule has 6 rings (SSSR count). The summed E-state index contributed by atoms with van der Waals surface area (Å²) in [6, 6.07) is 28.5. The number of fused-ring (bicyclic) bond motifs is 1. The third kappa shape index (κ3) is 5.66. The lowest BCUT2D eigenvalue weighted by Crippen LogP contribution is -2.34. The van der Waals surface area contributed by atoms with Crippen LogP contribution >= 0.6 is 0 Å². The van der Waals surface area contributed by atoms with Crippen LogP contribution in [0.15, 0.2) is 91.1 Å². The standard InChI is InChI=1S/C31H31N7O/c1-22(39)33-25-13-8-14-26(19-25)34-30-28-20-32-38(31(28)36-29(35-30)24-11-6-3-7-12-24)27-15-17-37(18-16-27)21-23-9-4-2-5-10-23/h2-14,19-20,27H,15-18,21H2,1H3,(H,33,39)(H,34,35,36). The highest BCUT2D eigenvalue weighted by Gasteiger charge is 2.24. The molecule has 0 radical (unpaired) electrons. The monoisotopic (exact) mass is 517 g/mol. The molecule has 3 aromatic carbocycles. The van der Waals surface area contributed by atoms with Gasteiger partial charge in [-0.25, -0.2) is 14.6 Å². The van der Waals surface area contributed by atoms with Gasteiger partial charge in [-0.15, -0.1) is 0 Å². The maximum atomic E-state index is 11.6. The number of likely N-dealkylation sites (tertiary alicyclic amines) is 1. The molecule has 39 heavy (non-hydrogen) atoms. The van der Waals surface area contributed by atoms with Crippen molar-refractivity contribution in [1.29, 1.82) is 0 Å². The predicted molar refractivity (Wildman–Crippen MR) is 155 cm³/mol. The molecule has 196 valence electrons. The van der Waals surface area contributed by atoms with Crippen molar-refractivity contribution in [2.24, 2.45) is 0 Å². The zero-order valence-electron chi connectivity index (χ0n) is 21.9. The molecule has 2 aromatic heterocycles. The number of carbonyl (C=O) groups excluding carboxylic acids is 1. The second kappa shape index (κ2) is 11.0. The second-order valence-corrected chi connectivity index (χ2v) is 9.97. The van der Waals surface area contributed by atoms with Crippen molar-refractivity contribution >= 4 is 34.1 Å². The van der Waals surface area contributed by atoms with Crippen LogP contribution in [0.3, 0.4) is 0 Å². The van der Waals surface area contributed by atoms with Gasteiger partial charge in [-0.05, 0) is 36.6 Å². The molecule has 1 saturated heterocycles. The van der Waals surface area contributed by atoms with Crippen LogP contribution in [0.25, 0.3) is 22.4 Å². The number of piperidine rings is 1. The topological polar surface area (TPSA) is 88.0 Å². The molecular weight excluding hydrogens is 486 g/mol. The lowest BCUT2D eigenvalue weighted by Gasteiger charge is -2.32. The molecule has 0 unspecified atom stereocenters. The fourth-order valence-corrected chi connectivity index (χ4v) is 5.18. The van der Waals surface area contributed by atoms with Gasteiger partial charge in [0.2, 0.25) is 5.91 Å². The largest absolute Gasteiger partial charge is 0.339 e. The molecule has 8 heteroatoms. The third-order valence-corrected chi connectivity index (χ3v) is 7.08. The number of nitrogens with one attached hydrogen (secondary N) is 2. The Kier molecular flexibility index (Phi) is 7.01. The molecule has 1 amide bonds. The number of amides is 1. The Balaban J connectivity index is 1.30. The van der Waals surface area contributed by atoms with E-state index in [0.29, 0.717) is 11.6 Å². The summed E-state index contributed by atoms with van der Waals surface area (Å²) >= 11 is 0. The molecule has 2 N–H and O–H groups in total. The van der Waals surface area contributed by atoms with E-state index < -0.39 is 0 Å². The van der Waals surface area contributed by atoms with Gasteiger partial charge in [0.1, 0.15) is 5.82 Å². The number of carbonyl (C=O) groups is 1. The summed E-state index contributed by atoms with van der Waals surface area (Å²) in [7, 11) is 0. The summed E-state index contributed by atoms with van der Waals surface area (Å²) in [5, 5.41) is 12.0. The Morgan fingerprint density at radius 1 is 0.897 bits per heavy atom. The first-order chi connectivity index (χ1) is 19.1. The molecule has 1 aliphatic rings. The molecule has 0 aliphatic carbocycles. The third-order valence-electron chi connectivity index (χ3n) is 7.08. The lowest BCUT2D eigenvalue weighted by atomic mass is 10.0. The molecular formula is C31H31N7O. The van der Waals surface area contributed by atoms with Crippen LogP contribution < -0.4 is 10.6 Å². The SMILES string of the molecule is CC(=O)Nc1cccc(Nc2nc(-c3ccccc3)nc3c2cnn3C2CCN(Cc3ccccc3)CC2)c1. The minimum Gasteiger partial charge on any atom is -0.339 e. The van der Waals surface area contributed by atoms with E-state index in [0.717, 1.165) is 60.4 Å². The van der Waals surface area contributed by atoms with Gasteiger partial charge in [-0.1, -0.05) is 66.7 Å². The van der Waals surface area contributed by atoms with Gasteiger partial charge in [-0.3, -0.25) is 9.69 Å². The summed E-state index contributed by atoms with van der Waals surface area (Å²) in [6.45, 7) is 4.50. The van der Waals surface area contributed by atoms with Crippen molar-refractivity contribution in [3.63, 3.8) is 0 Å². The Morgan fingerprint density at radius 3 is 2.36 bits per heavy atom. The van der Waals surface area contributed by atoms with Crippen LogP contribution in [-0.4, -0.2) is 43.6 Å². The average Bonchev–Trinajstić information content (AvgIpc) is 3.39. The highest BCUT2D eigenvalue weighted by Crippen LogP contribution is 2.32. The molecule has 5 aromatic rings. The van der Waals surface area contributed by atoms with Crippen LogP contribution in [0.1, 0.15) is 31.4 Å². The Labute approximate surface area is 227 Å². The van der Waals surface area contributed by atoms with E-state index in [1.807, 2.05) is 60.8 Å². The van der Waals surface area contributed by atoms with Gasteiger partial charge in [0.05, 0.1) is 17.6 Å². The summed E-state index contributed by atoms with van der Waals surface area (Å²) in [5.41, 5.74) is 4.66. The molecule has 0 bridgehead atoms. The molecule has 0 saturated carbocycles. The van der Waals surface area contributed by atoms with Crippen molar-refractivity contribution in [2.75, 3.05) is 23.7 Å². The molecule has 3 heterocycles. The highest BCUT2D eigenvalue weighted by molar-refractivity contribution is 5.92. The maximum Gasteiger partial charge on any atom is 0.221 e. The maximum absolute atomic E-state index is 11.6. The van der Waals surface area contributed by atoms with Gasteiger partial charge in [0.25, 0.3) is 0 Å². The minimum atomic E-state index is -0.112. The number of hydrogen-bond acceptors (Lipinski definition) is 6. The van der Waals surface area contributed by atoms with E-state index in [1.165, 1.54) is 12.5 Å². The number of rotatable bonds is 7. The Bertz CT molecular complexity index is 1580. The van der Waals surface area contributed by atoms with Crippen molar-refractivity contribution in [1.82, 2.24) is 24.6 Å². The number of aromatic nitrogens is 4. The van der Waals surface area contributed by atoms with Gasteiger partial charge in [-0.2, -0.15) is 5.10 Å². The first-order valence-electron chi connectivity index (χ1n) is 13.3.